The second kappa shape index (κ2) is 40.3. The molecule has 49 heavy (non-hydrogen) atoms. The van der Waals surface area contributed by atoms with Gasteiger partial charge in [-0.25, -0.2) is 0 Å². The summed E-state index contributed by atoms with van der Waals surface area (Å²) in [6.07, 6.45) is 50.4. The SMILES string of the molecule is CCC/C=C\CCCCCCCC(=O)OCC(CO)OC(=O)CCCCCCCCCCCC/C=C\C/C=C\C/C=C\CCCCCCC. The van der Waals surface area contributed by atoms with E-state index in [1.807, 2.05) is 0 Å². The summed E-state index contributed by atoms with van der Waals surface area (Å²) in [6.45, 7) is 4.05. The smallest absolute Gasteiger partial charge is 0.306 e. The topological polar surface area (TPSA) is 72.8 Å². The minimum absolute atomic E-state index is 0.0723. The number of hydrogen-bond acceptors (Lipinski definition) is 5. The van der Waals surface area contributed by atoms with Gasteiger partial charge in [-0.3, -0.25) is 9.59 Å². The van der Waals surface area contributed by atoms with Crippen LogP contribution in [0.4, 0.5) is 0 Å². The van der Waals surface area contributed by atoms with Crippen molar-refractivity contribution in [2.75, 3.05) is 13.2 Å². The first-order chi connectivity index (χ1) is 24.1. The zero-order valence-corrected chi connectivity index (χ0v) is 32.2. The zero-order chi connectivity index (χ0) is 35.7. The molecule has 0 radical (unpaired) electrons. The summed E-state index contributed by atoms with van der Waals surface area (Å²) in [7, 11) is 0. The van der Waals surface area contributed by atoms with Gasteiger partial charge in [0.1, 0.15) is 6.61 Å². The number of allylic oxidation sites excluding steroid dienone is 8. The molecule has 0 aromatic rings. The third-order valence-corrected chi connectivity index (χ3v) is 8.83. The van der Waals surface area contributed by atoms with Crippen LogP contribution in [0.5, 0.6) is 0 Å². The van der Waals surface area contributed by atoms with Gasteiger partial charge in [0, 0.05) is 12.8 Å². The van der Waals surface area contributed by atoms with Crippen molar-refractivity contribution in [2.24, 2.45) is 0 Å². The van der Waals surface area contributed by atoms with Crippen LogP contribution in [0.3, 0.4) is 0 Å². The molecule has 284 valence electrons. The number of aliphatic hydroxyl groups excluding tert-OH is 1. The van der Waals surface area contributed by atoms with Crippen LogP contribution in [0.25, 0.3) is 0 Å². The lowest BCUT2D eigenvalue weighted by atomic mass is 10.0. The Morgan fingerprint density at radius 3 is 1.33 bits per heavy atom. The van der Waals surface area contributed by atoms with Gasteiger partial charge in [-0.1, -0.05) is 165 Å². The number of aliphatic hydroxyl groups is 1. The normalized spacial score (nSPS) is 12.6. The summed E-state index contributed by atoms with van der Waals surface area (Å²) in [5, 5.41) is 9.54. The van der Waals surface area contributed by atoms with Crippen LogP contribution in [0.15, 0.2) is 48.6 Å². The molecule has 5 heteroatoms. The van der Waals surface area contributed by atoms with Crippen molar-refractivity contribution in [3.8, 4) is 0 Å². The highest BCUT2D eigenvalue weighted by atomic mass is 16.6. The average molecular weight is 687 g/mol. The molecule has 0 saturated heterocycles. The Bertz CT molecular complexity index is 827. The Labute approximate surface area is 303 Å². The maximum Gasteiger partial charge on any atom is 0.306 e. The number of carbonyl (C=O) groups is 2. The molecule has 0 rings (SSSR count). The number of hydrogen-bond donors (Lipinski definition) is 1. The summed E-state index contributed by atoms with van der Waals surface area (Å²) >= 11 is 0. The van der Waals surface area contributed by atoms with Gasteiger partial charge in [-0.15, -0.1) is 0 Å². The van der Waals surface area contributed by atoms with Crippen molar-refractivity contribution in [1.82, 2.24) is 0 Å². The fourth-order valence-electron chi connectivity index (χ4n) is 5.68. The highest BCUT2D eigenvalue weighted by Crippen LogP contribution is 2.13. The van der Waals surface area contributed by atoms with E-state index in [9.17, 15) is 14.7 Å². The van der Waals surface area contributed by atoms with Crippen LogP contribution in [-0.4, -0.2) is 36.4 Å². The van der Waals surface area contributed by atoms with Crippen LogP contribution < -0.4 is 0 Å². The van der Waals surface area contributed by atoms with Gasteiger partial charge in [0.25, 0.3) is 0 Å². The number of carbonyl (C=O) groups excluding carboxylic acids is 2. The number of ether oxygens (including phenoxy) is 2. The van der Waals surface area contributed by atoms with Crippen molar-refractivity contribution >= 4 is 11.9 Å². The van der Waals surface area contributed by atoms with E-state index in [4.69, 9.17) is 9.47 Å². The minimum Gasteiger partial charge on any atom is -0.462 e. The molecule has 0 heterocycles. The second-order valence-electron chi connectivity index (χ2n) is 13.7. The first-order valence-electron chi connectivity index (χ1n) is 20.7. The standard InChI is InChI=1S/C44H78O5/c1-3-5-7-9-11-13-15-16-17-18-19-20-21-22-23-24-25-26-27-28-29-31-33-35-37-39-44(47)49-42(40-45)41-48-43(46)38-36-34-32-30-14-12-10-8-6-4-2/h8,10,15-16,18-19,21-22,42,45H,3-7,9,11-14,17,20,23-41H2,1-2H3/b10-8-,16-15-,19-18-,22-21-. The Hall–Kier alpha value is -2.14. The van der Waals surface area contributed by atoms with Crippen molar-refractivity contribution in [1.29, 1.82) is 0 Å². The third-order valence-electron chi connectivity index (χ3n) is 8.83. The minimum atomic E-state index is -0.775. The third kappa shape index (κ3) is 38.5. The summed E-state index contributed by atoms with van der Waals surface area (Å²) in [4.78, 5) is 24.2. The van der Waals surface area contributed by atoms with Crippen LogP contribution >= 0.6 is 0 Å². The van der Waals surface area contributed by atoms with E-state index in [1.54, 1.807) is 0 Å². The molecule has 1 unspecified atom stereocenters. The summed E-state index contributed by atoms with van der Waals surface area (Å²) < 4.78 is 10.6. The lowest BCUT2D eigenvalue weighted by molar-refractivity contribution is -0.161. The maximum atomic E-state index is 12.2. The van der Waals surface area contributed by atoms with Crippen molar-refractivity contribution in [3.05, 3.63) is 48.6 Å². The largest absolute Gasteiger partial charge is 0.462 e. The van der Waals surface area contributed by atoms with Crippen LogP contribution in [0.2, 0.25) is 0 Å². The van der Waals surface area contributed by atoms with E-state index in [1.165, 1.54) is 109 Å². The Kier molecular flexibility index (Phi) is 38.5. The molecule has 0 amide bonds. The molecule has 0 aromatic heterocycles. The van der Waals surface area contributed by atoms with Gasteiger partial charge >= 0.3 is 11.9 Å². The molecule has 0 aliphatic rings. The first-order valence-corrected chi connectivity index (χ1v) is 20.7. The van der Waals surface area contributed by atoms with Gasteiger partial charge < -0.3 is 14.6 Å². The molecule has 0 aromatic carbocycles. The Morgan fingerprint density at radius 2 is 0.857 bits per heavy atom. The number of rotatable bonds is 37. The molecule has 1 atom stereocenters. The average Bonchev–Trinajstić information content (AvgIpc) is 3.10. The van der Waals surface area contributed by atoms with Crippen LogP contribution in [0, 0.1) is 0 Å². The van der Waals surface area contributed by atoms with Gasteiger partial charge in [-0.05, 0) is 70.6 Å². The summed E-state index contributed by atoms with van der Waals surface area (Å²) in [5.41, 5.74) is 0. The van der Waals surface area contributed by atoms with E-state index < -0.39 is 6.10 Å². The Morgan fingerprint density at radius 1 is 0.469 bits per heavy atom. The number of unbranched alkanes of at least 4 members (excludes halogenated alkanes) is 21. The van der Waals surface area contributed by atoms with Crippen molar-refractivity contribution in [3.63, 3.8) is 0 Å². The highest BCUT2D eigenvalue weighted by molar-refractivity contribution is 5.70. The summed E-state index contributed by atoms with van der Waals surface area (Å²) in [5.74, 6) is -0.608. The van der Waals surface area contributed by atoms with E-state index >= 15 is 0 Å². The first kappa shape index (κ1) is 46.9. The fraction of sp³-hybridized carbons (Fsp3) is 0.773. The summed E-state index contributed by atoms with van der Waals surface area (Å²) in [6, 6.07) is 0. The molecular formula is C44H78O5. The van der Waals surface area contributed by atoms with Gasteiger partial charge in [0.15, 0.2) is 6.10 Å². The lowest BCUT2D eigenvalue weighted by Gasteiger charge is -2.15. The molecule has 0 bridgehead atoms. The number of esters is 2. The molecule has 0 aliphatic carbocycles. The Balaban J connectivity index is 3.53. The van der Waals surface area contributed by atoms with Crippen LogP contribution in [-0.2, 0) is 19.1 Å². The fourth-order valence-corrected chi connectivity index (χ4v) is 5.68. The molecule has 0 spiro atoms. The lowest BCUT2D eigenvalue weighted by Crippen LogP contribution is -2.28. The molecule has 1 N–H and O–H groups in total. The van der Waals surface area contributed by atoms with Gasteiger partial charge in [-0.2, -0.15) is 0 Å². The second-order valence-corrected chi connectivity index (χ2v) is 13.7. The van der Waals surface area contributed by atoms with E-state index in [2.05, 4.69) is 62.5 Å². The zero-order valence-electron chi connectivity index (χ0n) is 32.2. The van der Waals surface area contributed by atoms with E-state index in [-0.39, 0.29) is 25.2 Å². The van der Waals surface area contributed by atoms with Crippen LogP contribution in [0.1, 0.15) is 200 Å². The predicted molar refractivity (Wildman–Crippen MR) is 210 cm³/mol. The predicted octanol–water partition coefficient (Wildman–Crippen LogP) is 13.0. The molecule has 0 saturated carbocycles. The molecule has 5 nitrogen and oxygen atoms in total. The van der Waals surface area contributed by atoms with Crippen molar-refractivity contribution in [2.45, 2.75) is 206 Å². The molecule has 0 fully saturated rings. The van der Waals surface area contributed by atoms with Crippen molar-refractivity contribution < 1.29 is 24.2 Å². The quantitative estimate of drug-likeness (QED) is 0.0400. The van der Waals surface area contributed by atoms with E-state index in [0.29, 0.717) is 12.8 Å². The van der Waals surface area contributed by atoms with E-state index in [0.717, 1.165) is 64.2 Å². The monoisotopic (exact) mass is 687 g/mol. The molecule has 0 aliphatic heterocycles. The highest BCUT2D eigenvalue weighted by Gasteiger charge is 2.16. The molecular weight excluding hydrogens is 608 g/mol. The maximum absolute atomic E-state index is 12.2. The van der Waals surface area contributed by atoms with Gasteiger partial charge in [0.2, 0.25) is 0 Å². The van der Waals surface area contributed by atoms with Gasteiger partial charge in [0.05, 0.1) is 6.61 Å².